The van der Waals surface area contributed by atoms with Crippen molar-refractivity contribution in [3.63, 3.8) is 0 Å². The number of halogens is 1. The molecule has 2 amide bonds. The van der Waals surface area contributed by atoms with Crippen molar-refractivity contribution in [2.75, 3.05) is 27.3 Å². The van der Waals surface area contributed by atoms with Gasteiger partial charge in [0.05, 0.1) is 14.2 Å². The Morgan fingerprint density at radius 1 is 1.07 bits per heavy atom. The zero-order valence-corrected chi connectivity index (χ0v) is 18.1. The third kappa shape index (κ3) is 5.45. The molecule has 0 spiro atoms. The molecule has 2 aromatic rings. The van der Waals surface area contributed by atoms with E-state index in [0.29, 0.717) is 48.0 Å². The second-order valence-corrected chi connectivity index (χ2v) is 7.70. The summed E-state index contributed by atoms with van der Waals surface area (Å²) in [5, 5.41) is 3.75. The molecule has 0 unspecified atom stereocenters. The Morgan fingerprint density at radius 3 is 2.43 bits per heavy atom. The van der Waals surface area contributed by atoms with Crippen LogP contribution in [0.15, 0.2) is 42.5 Å². The molecule has 0 saturated carbocycles. The van der Waals surface area contributed by atoms with Crippen molar-refractivity contribution in [1.29, 1.82) is 0 Å². The molecule has 0 atom stereocenters. The topological polar surface area (TPSA) is 67.9 Å². The molecule has 1 fully saturated rings. The van der Waals surface area contributed by atoms with Crippen molar-refractivity contribution < 1.29 is 19.1 Å². The van der Waals surface area contributed by atoms with E-state index in [1.54, 1.807) is 25.3 Å². The predicted octanol–water partition coefficient (Wildman–Crippen LogP) is 3.71. The van der Waals surface area contributed by atoms with Crippen molar-refractivity contribution in [1.82, 2.24) is 10.2 Å². The first kappa shape index (κ1) is 22.0. The van der Waals surface area contributed by atoms with Gasteiger partial charge in [0.2, 0.25) is 5.91 Å². The van der Waals surface area contributed by atoms with Crippen LogP contribution < -0.4 is 14.8 Å². The molecule has 0 bridgehead atoms. The average Bonchev–Trinajstić information content (AvgIpc) is 2.78. The number of carbonyl (C=O) groups is 2. The molecule has 1 heterocycles. The first-order valence-electron chi connectivity index (χ1n) is 10.1. The lowest BCUT2D eigenvalue weighted by Crippen LogP contribution is -2.46. The monoisotopic (exact) mass is 430 g/mol. The first-order valence-corrected chi connectivity index (χ1v) is 10.4. The molecule has 2 aromatic carbocycles. The number of amides is 2. The maximum Gasteiger partial charge on any atom is 0.251 e. The molecule has 7 heteroatoms. The number of nitrogens with one attached hydrogen (secondary N) is 1. The Kier molecular flexibility index (Phi) is 7.57. The largest absolute Gasteiger partial charge is 0.493 e. The van der Waals surface area contributed by atoms with E-state index in [0.717, 1.165) is 18.4 Å². The summed E-state index contributed by atoms with van der Waals surface area (Å²) < 4.78 is 10.5. The molecule has 1 aliphatic rings. The molecule has 1 N–H and O–H groups in total. The number of benzene rings is 2. The lowest BCUT2D eigenvalue weighted by Gasteiger charge is -2.32. The minimum atomic E-state index is -0.153. The zero-order chi connectivity index (χ0) is 21.5. The number of nitrogens with zero attached hydrogens (tertiary/aromatic N) is 1. The lowest BCUT2D eigenvalue weighted by atomic mass is 10.0. The predicted molar refractivity (Wildman–Crippen MR) is 116 cm³/mol. The number of aryl methyl sites for hydroxylation is 1. The summed E-state index contributed by atoms with van der Waals surface area (Å²) in [7, 11) is 3.10. The minimum absolute atomic E-state index is 0.0400. The zero-order valence-electron chi connectivity index (χ0n) is 17.3. The van der Waals surface area contributed by atoms with Gasteiger partial charge in [-0.25, -0.2) is 0 Å². The van der Waals surface area contributed by atoms with Crippen molar-refractivity contribution >= 4 is 23.4 Å². The number of ether oxygens (including phenoxy) is 2. The van der Waals surface area contributed by atoms with Gasteiger partial charge < -0.3 is 19.7 Å². The molecule has 1 aliphatic heterocycles. The Bertz CT molecular complexity index is 895. The summed E-state index contributed by atoms with van der Waals surface area (Å²) in [6.07, 6.45) is 2.54. The van der Waals surface area contributed by atoms with E-state index >= 15 is 0 Å². The van der Waals surface area contributed by atoms with E-state index in [4.69, 9.17) is 21.1 Å². The van der Waals surface area contributed by atoms with Crippen LogP contribution in [0.5, 0.6) is 11.5 Å². The van der Waals surface area contributed by atoms with E-state index in [1.807, 2.05) is 29.2 Å². The van der Waals surface area contributed by atoms with Gasteiger partial charge in [0.15, 0.2) is 11.5 Å². The molecule has 1 saturated heterocycles. The van der Waals surface area contributed by atoms with E-state index in [1.165, 1.54) is 7.11 Å². The highest BCUT2D eigenvalue weighted by Gasteiger charge is 2.24. The average molecular weight is 431 g/mol. The normalized spacial score (nSPS) is 14.3. The number of methoxy groups -OCH3 is 2. The van der Waals surface area contributed by atoms with Crippen molar-refractivity contribution in [2.45, 2.75) is 31.7 Å². The fourth-order valence-electron chi connectivity index (χ4n) is 3.62. The standard InChI is InChI=1S/C23H27ClN2O4/c1-29-20-9-7-17(15-21(20)30-2)23(28)25-18-11-13-26(14-12-18)22(27)10-8-16-5-3-4-6-19(16)24/h3-7,9,15,18H,8,10-14H2,1-2H3,(H,25,28). The van der Waals surface area contributed by atoms with Gasteiger partial charge in [-0.3, -0.25) is 9.59 Å². The summed E-state index contributed by atoms with van der Waals surface area (Å²) in [5.74, 6) is 1.07. The Balaban J connectivity index is 1.47. The Labute approximate surface area is 182 Å². The second kappa shape index (κ2) is 10.3. The van der Waals surface area contributed by atoms with Gasteiger partial charge in [0, 0.05) is 36.1 Å². The van der Waals surface area contributed by atoms with Crippen LogP contribution in [0.4, 0.5) is 0 Å². The molecule has 0 aromatic heterocycles. The van der Waals surface area contributed by atoms with Gasteiger partial charge in [-0.05, 0) is 49.1 Å². The number of hydrogen-bond donors (Lipinski definition) is 1. The Morgan fingerprint density at radius 2 is 1.77 bits per heavy atom. The minimum Gasteiger partial charge on any atom is -0.493 e. The summed E-state index contributed by atoms with van der Waals surface area (Å²) in [5.41, 5.74) is 1.51. The number of carbonyl (C=O) groups excluding carboxylic acids is 2. The van der Waals surface area contributed by atoms with Crippen LogP contribution in [0.2, 0.25) is 5.02 Å². The van der Waals surface area contributed by atoms with Crippen LogP contribution in [0, 0.1) is 0 Å². The van der Waals surface area contributed by atoms with Gasteiger partial charge in [0.25, 0.3) is 5.91 Å². The van der Waals surface area contributed by atoms with E-state index in [2.05, 4.69) is 5.32 Å². The Hall–Kier alpha value is -2.73. The molecule has 0 radical (unpaired) electrons. The first-order chi connectivity index (χ1) is 14.5. The van der Waals surface area contributed by atoms with Crippen LogP contribution in [0.1, 0.15) is 35.2 Å². The SMILES string of the molecule is COc1ccc(C(=O)NC2CCN(C(=O)CCc3ccccc3Cl)CC2)cc1OC. The third-order valence-electron chi connectivity index (χ3n) is 5.39. The maximum atomic E-state index is 12.6. The fourth-order valence-corrected chi connectivity index (χ4v) is 3.85. The highest BCUT2D eigenvalue weighted by molar-refractivity contribution is 6.31. The maximum absolute atomic E-state index is 12.6. The van der Waals surface area contributed by atoms with Crippen LogP contribution in [-0.2, 0) is 11.2 Å². The van der Waals surface area contributed by atoms with Crippen LogP contribution >= 0.6 is 11.6 Å². The number of likely N-dealkylation sites (tertiary alicyclic amines) is 1. The van der Waals surface area contributed by atoms with Gasteiger partial charge in [-0.15, -0.1) is 0 Å². The van der Waals surface area contributed by atoms with E-state index in [-0.39, 0.29) is 17.9 Å². The highest BCUT2D eigenvalue weighted by Crippen LogP contribution is 2.27. The highest BCUT2D eigenvalue weighted by atomic mass is 35.5. The number of rotatable bonds is 7. The van der Waals surface area contributed by atoms with Gasteiger partial charge in [-0.1, -0.05) is 29.8 Å². The molecule has 160 valence electrons. The van der Waals surface area contributed by atoms with Crippen LogP contribution in [-0.4, -0.2) is 50.1 Å². The summed E-state index contributed by atoms with van der Waals surface area (Å²) in [4.78, 5) is 27.0. The van der Waals surface area contributed by atoms with Crippen LogP contribution in [0.25, 0.3) is 0 Å². The van der Waals surface area contributed by atoms with Crippen molar-refractivity contribution in [3.8, 4) is 11.5 Å². The number of piperidine rings is 1. The quantitative estimate of drug-likeness (QED) is 0.727. The molecule has 6 nitrogen and oxygen atoms in total. The molecule has 0 aliphatic carbocycles. The second-order valence-electron chi connectivity index (χ2n) is 7.29. The van der Waals surface area contributed by atoms with Crippen molar-refractivity contribution in [2.24, 2.45) is 0 Å². The summed E-state index contributed by atoms with van der Waals surface area (Å²) in [6.45, 7) is 1.27. The lowest BCUT2D eigenvalue weighted by molar-refractivity contribution is -0.132. The van der Waals surface area contributed by atoms with Crippen molar-refractivity contribution in [3.05, 3.63) is 58.6 Å². The third-order valence-corrected chi connectivity index (χ3v) is 5.76. The molecule has 30 heavy (non-hydrogen) atoms. The fraction of sp³-hybridized carbons (Fsp3) is 0.391. The summed E-state index contributed by atoms with van der Waals surface area (Å²) >= 11 is 6.17. The smallest absolute Gasteiger partial charge is 0.251 e. The van der Waals surface area contributed by atoms with Gasteiger partial charge in [-0.2, -0.15) is 0 Å². The molecule has 3 rings (SSSR count). The van der Waals surface area contributed by atoms with Gasteiger partial charge >= 0.3 is 0 Å². The molecular formula is C23H27ClN2O4. The molecular weight excluding hydrogens is 404 g/mol. The van der Waals surface area contributed by atoms with E-state index in [9.17, 15) is 9.59 Å². The number of hydrogen-bond acceptors (Lipinski definition) is 4. The van der Waals surface area contributed by atoms with E-state index < -0.39 is 0 Å². The van der Waals surface area contributed by atoms with Crippen LogP contribution in [0.3, 0.4) is 0 Å². The summed E-state index contributed by atoms with van der Waals surface area (Å²) in [6, 6.07) is 12.7. The van der Waals surface area contributed by atoms with Gasteiger partial charge in [0.1, 0.15) is 0 Å².